The average Bonchev–Trinajstić information content (AvgIpc) is 2.55. The fraction of sp³-hybridized carbons (Fsp3) is 0.588. The first-order chi connectivity index (χ1) is 10.7. The van der Waals surface area contributed by atoms with Crippen LogP contribution < -0.4 is 10.6 Å². The van der Waals surface area contributed by atoms with E-state index in [2.05, 4.69) is 34.7 Å². The van der Waals surface area contributed by atoms with Gasteiger partial charge in [0.1, 0.15) is 0 Å². The molecule has 0 spiro atoms. The molecule has 0 heterocycles. The predicted molar refractivity (Wildman–Crippen MR) is 111 cm³/mol. The summed E-state index contributed by atoms with van der Waals surface area (Å²) in [5.41, 5.74) is 0.588. The highest BCUT2D eigenvalue weighted by Crippen LogP contribution is 2.40. The third-order valence-electron chi connectivity index (χ3n) is 3.98. The van der Waals surface area contributed by atoms with Crippen LogP contribution in [0, 0.1) is 0 Å². The molecule has 2 atom stereocenters. The summed E-state index contributed by atoms with van der Waals surface area (Å²) in [5, 5.41) is 17.5. The second kappa shape index (κ2) is 10.4. The van der Waals surface area contributed by atoms with E-state index in [9.17, 15) is 5.11 Å². The molecule has 0 aromatic heterocycles. The van der Waals surface area contributed by atoms with Crippen molar-refractivity contribution in [1.82, 2.24) is 10.6 Å². The highest BCUT2D eigenvalue weighted by atomic mass is 127. The molecular formula is C17H28IN3OS. The number of benzene rings is 1. The van der Waals surface area contributed by atoms with E-state index in [0.29, 0.717) is 18.3 Å². The third-order valence-corrected chi connectivity index (χ3v) is 5.39. The Labute approximate surface area is 160 Å². The summed E-state index contributed by atoms with van der Waals surface area (Å²) in [5.74, 6) is 1.82. The molecule has 23 heavy (non-hydrogen) atoms. The summed E-state index contributed by atoms with van der Waals surface area (Å²) >= 11 is 1.85. The number of guanidine groups is 1. The van der Waals surface area contributed by atoms with E-state index in [1.54, 1.807) is 0 Å². The van der Waals surface area contributed by atoms with Crippen molar-refractivity contribution in [3.05, 3.63) is 35.9 Å². The number of nitrogens with one attached hydrogen (secondary N) is 2. The summed E-state index contributed by atoms with van der Waals surface area (Å²) in [6.07, 6.45) is 1.98. The molecule has 1 saturated carbocycles. The lowest BCUT2D eigenvalue weighted by atomic mass is 9.79. The zero-order valence-corrected chi connectivity index (χ0v) is 17.1. The lowest BCUT2D eigenvalue weighted by Crippen LogP contribution is -2.58. The second-order valence-corrected chi connectivity index (χ2v) is 7.10. The molecule has 0 bridgehead atoms. The lowest BCUT2D eigenvalue weighted by molar-refractivity contribution is -0.0198. The Morgan fingerprint density at radius 1 is 1.30 bits per heavy atom. The zero-order chi connectivity index (χ0) is 15.8. The van der Waals surface area contributed by atoms with Gasteiger partial charge in [-0.25, -0.2) is 4.99 Å². The number of thioether (sulfide) groups is 1. The molecule has 1 aromatic rings. The second-order valence-electron chi connectivity index (χ2n) is 5.62. The van der Waals surface area contributed by atoms with Crippen molar-refractivity contribution in [1.29, 1.82) is 0 Å². The van der Waals surface area contributed by atoms with Crippen molar-refractivity contribution in [2.45, 2.75) is 44.1 Å². The number of nitrogens with zero attached hydrogens (tertiary/aromatic N) is 1. The Hall–Kier alpha value is -0.470. The van der Waals surface area contributed by atoms with Crippen LogP contribution in [0.2, 0.25) is 0 Å². The van der Waals surface area contributed by atoms with E-state index in [1.165, 1.54) is 5.56 Å². The molecule has 3 N–H and O–H groups in total. The van der Waals surface area contributed by atoms with Gasteiger partial charge in [-0.05, 0) is 31.1 Å². The van der Waals surface area contributed by atoms with Crippen LogP contribution in [0.5, 0.6) is 0 Å². The van der Waals surface area contributed by atoms with Crippen LogP contribution in [0.15, 0.2) is 35.3 Å². The van der Waals surface area contributed by atoms with Crippen molar-refractivity contribution in [3.63, 3.8) is 0 Å². The van der Waals surface area contributed by atoms with Gasteiger partial charge in [0.15, 0.2) is 5.96 Å². The molecule has 1 fully saturated rings. The normalized spacial score (nSPS) is 23.6. The summed E-state index contributed by atoms with van der Waals surface area (Å²) in [6.45, 7) is 6.20. The minimum Gasteiger partial charge on any atom is -0.387 e. The quantitative estimate of drug-likeness (QED) is 0.341. The van der Waals surface area contributed by atoms with Crippen LogP contribution in [0.1, 0.15) is 32.3 Å². The minimum absolute atomic E-state index is 0. The van der Waals surface area contributed by atoms with Crippen LogP contribution in [0.3, 0.4) is 0 Å². The number of aliphatic hydroxyl groups is 1. The largest absolute Gasteiger partial charge is 0.387 e. The Morgan fingerprint density at radius 2 is 2.04 bits per heavy atom. The first-order valence-electron chi connectivity index (χ1n) is 8.08. The van der Waals surface area contributed by atoms with E-state index in [4.69, 9.17) is 0 Å². The van der Waals surface area contributed by atoms with E-state index >= 15 is 0 Å². The lowest BCUT2D eigenvalue weighted by Gasteiger charge is -2.45. The Morgan fingerprint density at radius 3 is 2.61 bits per heavy atom. The van der Waals surface area contributed by atoms with Crippen molar-refractivity contribution >= 4 is 41.7 Å². The first-order valence-corrected chi connectivity index (χ1v) is 9.13. The molecule has 0 amide bonds. The van der Waals surface area contributed by atoms with Crippen LogP contribution in [0.25, 0.3) is 0 Å². The molecule has 6 heteroatoms. The Kier molecular flexibility index (Phi) is 9.31. The topological polar surface area (TPSA) is 56.7 Å². The highest BCUT2D eigenvalue weighted by Gasteiger charge is 2.45. The zero-order valence-electron chi connectivity index (χ0n) is 13.9. The molecule has 1 aliphatic carbocycles. The van der Waals surface area contributed by atoms with Crippen LogP contribution in [-0.4, -0.2) is 40.8 Å². The SMILES string of the molecule is CCNC(=NCc1ccccc1)NCC1(O)CCC1SCC.I. The van der Waals surface area contributed by atoms with Gasteiger partial charge in [0.2, 0.25) is 0 Å². The molecule has 1 aliphatic rings. The third kappa shape index (κ3) is 6.15. The van der Waals surface area contributed by atoms with E-state index in [-0.39, 0.29) is 24.0 Å². The fourth-order valence-corrected chi connectivity index (χ4v) is 3.77. The van der Waals surface area contributed by atoms with Gasteiger partial charge in [-0.1, -0.05) is 37.3 Å². The number of rotatable bonds is 7. The molecule has 2 rings (SSSR count). The average molecular weight is 449 g/mol. The number of hydrogen-bond acceptors (Lipinski definition) is 3. The van der Waals surface area contributed by atoms with Gasteiger partial charge in [0.25, 0.3) is 0 Å². The standard InChI is InChI=1S/C17H27N3OS.HI/c1-3-18-16(19-12-14-8-6-5-7-9-14)20-13-17(21)11-10-15(17)22-4-2;/h5-9,15,21H,3-4,10-13H2,1-2H3,(H2,18,19,20);1H. The van der Waals surface area contributed by atoms with E-state index in [1.807, 2.05) is 36.9 Å². The fourth-order valence-electron chi connectivity index (χ4n) is 2.57. The monoisotopic (exact) mass is 449 g/mol. The molecule has 0 radical (unpaired) electrons. The minimum atomic E-state index is -0.594. The van der Waals surface area contributed by atoms with E-state index < -0.39 is 5.60 Å². The molecular weight excluding hydrogens is 421 g/mol. The molecule has 130 valence electrons. The number of hydrogen-bond donors (Lipinski definition) is 3. The summed E-state index contributed by atoms with van der Waals surface area (Å²) < 4.78 is 0. The predicted octanol–water partition coefficient (Wildman–Crippen LogP) is 3.01. The van der Waals surface area contributed by atoms with Crippen molar-refractivity contribution in [2.24, 2.45) is 4.99 Å². The molecule has 0 saturated heterocycles. The molecule has 4 nitrogen and oxygen atoms in total. The Bertz CT molecular complexity index is 486. The van der Waals surface area contributed by atoms with Crippen LogP contribution in [-0.2, 0) is 6.54 Å². The van der Waals surface area contributed by atoms with E-state index in [0.717, 1.165) is 31.1 Å². The maximum absolute atomic E-state index is 10.6. The van der Waals surface area contributed by atoms with Crippen molar-refractivity contribution in [2.75, 3.05) is 18.8 Å². The number of aliphatic imine (C=N–C) groups is 1. The van der Waals surface area contributed by atoms with Gasteiger partial charge < -0.3 is 15.7 Å². The maximum atomic E-state index is 10.6. The Balaban J connectivity index is 0.00000264. The van der Waals surface area contributed by atoms with Gasteiger partial charge in [0.05, 0.1) is 12.1 Å². The summed E-state index contributed by atoms with van der Waals surface area (Å²) in [6, 6.07) is 10.2. The molecule has 2 unspecified atom stereocenters. The van der Waals surface area contributed by atoms with Crippen LogP contribution >= 0.6 is 35.7 Å². The van der Waals surface area contributed by atoms with Crippen molar-refractivity contribution < 1.29 is 5.11 Å². The maximum Gasteiger partial charge on any atom is 0.191 e. The smallest absolute Gasteiger partial charge is 0.191 e. The molecule has 1 aromatic carbocycles. The van der Waals surface area contributed by atoms with Gasteiger partial charge in [-0.3, -0.25) is 0 Å². The van der Waals surface area contributed by atoms with Gasteiger partial charge in [-0.15, -0.1) is 24.0 Å². The summed E-state index contributed by atoms with van der Waals surface area (Å²) in [4.78, 5) is 4.59. The van der Waals surface area contributed by atoms with Gasteiger partial charge in [0, 0.05) is 18.3 Å². The highest BCUT2D eigenvalue weighted by molar-refractivity contribution is 14.0. The van der Waals surface area contributed by atoms with Crippen molar-refractivity contribution in [3.8, 4) is 0 Å². The summed E-state index contributed by atoms with van der Waals surface area (Å²) in [7, 11) is 0. The van der Waals surface area contributed by atoms with Crippen LogP contribution in [0.4, 0.5) is 0 Å². The molecule has 0 aliphatic heterocycles. The first kappa shape index (κ1) is 20.6. The number of halogens is 1. The van der Waals surface area contributed by atoms with Gasteiger partial charge >= 0.3 is 0 Å². The van der Waals surface area contributed by atoms with Gasteiger partial charge in [-0.2, -0.15) is 11.8 Å².